The van der Waals surface area contributed by atoms with Crippen molar-refractivity contribution in [1.82, 2.24) is 4.98 Å². The molecule has 2 unspecified atom stereocenters. The van der Waals surface area contributed by atoms with Gasteiger partial charge in [-0.2, -0.15) is 0 Å². The number of anilines is 1. The summed E-state index contributed by atoms with van der Waals surface area (Å²) in [5.41, 5.74) is 1.41. The van der Waals surface area contributed by atoms with E-state index < -0.39 is 21.9 Å². The van der Waals surface area contributed by atoms with Gasteiger partial charge in [-0.25, -0.2) is 8.42 Å². The van der Waals surface area contributed by atoms with Crippen molar-refractivity contribution < 1.29 is 31.1 Å². The van der Waals surface area contributed by atoms with Gasteiger partial charge >= 0.3 is 6.36 Å². The largest absolute Gasteiger partial charge is 0.573 e. The quantitative estimate of drug-likeness (QED) is 0.581. The SMILES string of the molecule is O=C(Nc1ccc(S(=O)(=O)c2cccc(OC(F)(F)F)c2)cc1)C1CC1c1cccnc1. The molecule has 32 heavy (non-hydrogen) atoms. The van der Waals surface area contributed by atoms with E-state index in [0.29, 0.717) is 12.1 Å². The maximum atomic E-state index is 12.8. The lowest BCUT2D eigenvalue weighted by Gasteiger charge is -2.11. The number of aromatic nitrogens is 1. The molecule has 0 saturated heterocycles. The summed E-state index contributed by atoms with van der Waals surface area (Å²) in [5, 5.41) is 2.76. The number of alkyl halides is 3. The molecule has 0 bridgehead atoms. The van der Waals surface area contributed by atoms with Crippen LogP contribution in [0.5, 0.6) is 5.75 Å². The summed E-state index contributed by atoms with van der Waals surface area (Å²) >= 11 is 0. The second-order valence-corrected chi connectivity index (χ2v) is 9.22. The molecule has 2 aromatic carbocycles. The Morgan fingerprint density at radius 2 is 1.78 bits per heavy atom. The van der Waals surface area contributed by atoms with Crippen molar-refractivity contribution in [2.75, 3.05) is 5.32 Å². The molecule has 0 radical (unpaired) electrons. The summed E-state index contributed by atoms with van der Waals surface area (Å²) < 4.78 is 66.6. The average molecular weight is 462 g/mol. The minimum absolute atomic E-state index is 0.106. The molecular weight excluding hydrogens is 445 g/mol. The molecule has 1 heterocycles. The van der Waals surface area contributed by atoms with Gasteiger partial charge in [-0.1, -0.05) is 12.1 Å². The van der Waals surface area contributed by atoms with Gasteiger partial charge in [0.25, 0.3) is 0 Å². The Morgan fingerprint density at radius 1 is 1.03 bits per heavy atom. The minimum Gasteiger partial charge on any atom is -0.406 e. The lowest BCUT2D eigenvalue weighted by atomic mass is 10.1. The van der Waals surface area contributed by atoms with Crippen molar-refractivity contribution in [2.24, 2.45) is 5.92 Å². The van der Waals surface area contributed by atoms with Crippen LogP contribution in [0.2, 0.25) is 0 Å². The highest BCUT2D eigenvalue weighted by atomic mass is 32.2. The fourth-order valence-corrected chi connectivity index (χ4v) is 4.67. The molecule has 0 aliphatic heterocycles. The number of benzene rings is 2. The van der Waals surface area contributed by atoms with E-state index in [-0.39, 0.29) is 27.5 Å². The van der Waals surface area contributed by atoms with Crippen molar-refractivity contribution in [1.29, 1.82) is 0 Å². The van der Waals surface area contributed by atoms with Gasteiger partial charge in [0.05, 0.1) is 9.79 Å². The third-order valence-electron chi connectivity index (χ3n) is 5.02. The Bertz CT molecular complexity index is 1230. The fourth-order valence-electron chi connectivity index (χ4n) is 3.38. The zero-order valence-corrected chi connectivity index (χ0v) is 17.2. The Kier molecular flexibility index (Phi) is 5.64. The number of hydrogen-bond acceptors (Lipinski definition) is 5. The van der Waals surface area contributed by atoms with Crippen LogP contribution in [0.4, 0.5) is 18.9 Å². The number of carbonyl (C=O) groups is 1. The summed E-state index contributed by atoms with van der Waals surface area (Å²) in [4.78, 5) is 16.0. The zero-order chi connectivity index (χ0) is 22.9. The summed E-state index contributed by atoms with van der Waals surface area (Å²) in [5.74, 6) is -0.880. The highest BCUT2D eigenvalue weighted by Crippen LogP contribution is 2.47. The van der Waals surface area contributed by atoms with Crippen LogP contribution >= 0.6 is 0 Å². The first-order chi connectivity index (χ1) is 15.1. The van der Waals surface area contributed by atoms with Gasteiger partial charge in [-0.15, -0.1) is 13.2 Å². The lowest BCUT2D eigenvalue weighted by molar-refractivity contribution is -0.274. The number of rotatable bonds is 6. The number of amides is 1. The van der Waals surface area contributed by atoms with E-state index in [1.54, 1.807) is 12.4 Å². The number of carbonyl (C=O) groups excluding carboxylic acids is 1. The smallest absolute Gasteiger partial charge is 0.406 e. The van der Waals surface area contributed by atoms with Crippen LogP contribution in [0, 0.1) is 5.92 Å². The maximum absolute atomic E-state index is 12.8. The van der Waals surface area contributed by atoms with Crippen LogP contribution in [0.1, 0.15) is 17.9 Å². The van der Waals surface area contributed by atoms with E-state index in [1.165, 1.54) is 30.3 Å². The number of ether oxygens (including phenoxy) is 1. The molecule has 10 heteroatoms. The van der Waals surface area contributed by atoms with E-state index >= 15 is 0 Å². The van der Waals surface area contributed by atoms with Crippen molar-refractivity contribution in [3.63, 3.8) is 0 Å². The first-order valence-electron chi connectivity index (χ1n) is 9.55. The lowest BCUT2D eigenvalue weighted by Crippen LogP contribution is -2.17. The summed E-state index contributed by atoms with van der Waals surface area (Å²) in [6, 6.07) is 13.3. The Labute approximate surface area is 182 Å². The van der Waals surface area contributed by atoms with E-state index in [2.05, 4.69) is 15.0 Å². The second kappa shape index (κ2) is 8.27. The Hall–Kier alpha value is -3.40. The molecular formula is C22H17F3N2O4S. The molecule has 4 rings (SSSR count). The minimum atomic E-state index is -4.93. The molecule has 1 fully saturated rings. The molecule has 1 aromatic heterocycles. The zero-order valence-electron chi connectivity index (χ0n) is 16.4. The fraction of sp³-hybridized carbons (Fsp3) is 0.182. The van der Waals surface area contributed by atoms with Crippen LogP contribution in [0.15, 0.2) is 82.8 Å². The van der Waals surface area contributed by atoms with Gasteiger partial charge in [0.2, 0.25) is 15.7 Å². The number of sulfone groups is 1. The van der Waals surface area contributed by atoms with Gasteiger partial charge in [-0.05, 0) is 66.4 Å². The number of nitrogens with zero attached hydrogens (tertiary/aromatic N) is 1. The molecule has 1 amide bonds. The number of pyridine rings is 1. The number of halogens is 3. The third-order valence-corrected chi connectivity index (χ3v) is 6.79. The van der Waals surface area contributed by atoms with E-state index in [1.807, 2.05) is 12.1 Å². The van der Waals surface area contributed by atoms with Gasteiger partial charge in [0.1, 0.15) is 5.75 Å². The molecule has 1 aliphatic carbocycles. The summed E-state index contributed by atoms with van der Waals surface area (Å²) in [6.07, 6.45) is -0.831. The Balaban J connectivity index is 1.44. The van der Waals surface area contributed by atoms with Crippen molar-refractivity contribution >= 4 is 21.4 Å². The van der Waals surface area contributed by atoms with Gasteiger partial charge in [0, 0.05) is 24.0 Å². The summed E-state index contributed by atoms with van der Waals surface area (Å²) in [6.45, 7) is 0. The number of hydrogen-bond donors (Lipinski definition) is 1. The normalized spacial score (nSPS) is 18.1. The molecule has 1 saturated carbocycles. The number of nitrogens with one attached hydrogen (secondary N) is 1. The predicted octanol–water partition coefficient (Wildman–Crippen LogP) is 4.56. The van der Waals surface area contributed by atoms with Gasteiger partial charge in [0.15, 0.2) is 0 Å². The molecule has 2 atom stereocenters. The van der Waals surface area contributed by atoms with Crippen LogP contribution in [-0.4, -0.2) is 25.7 Å². The molecule has 6 nitrogen and oxygen atoms in total. The standard InChI is InChI=1S/C22H17F3N2O4S/c23-22(24,25)31-16-4-1-5-18(11-16)32(29,30)17-8-6-15(7-9-17)27-21(28)20-12-19(20)14-3-2-10-26-13-14/h1-11,13,19-20H,12H2,(H,27,28). The van der Waals surface area contributed by atoms with E-state index in [0.717, 1.165) is 23.8 Å². The van der Waals surface area contributed by atoms with Crippen LogP contribution in [0.3, 0.4) is 0 Å². The molecule has 1 N–H and O–H groups in total. The first-order valence-corrected chi connectivity index (χ1v) is 11.0. The molecule has 1 aliphatic rings. The highest BCUT2D eigenvalue weighted by Gasteiger charge is 2.44. The van der Waals surface area contributed by atoms with Crippen LogP contribution in [0.25, 0.3) is 0 Å². The predicted molar refractivity (Wildman–Crippen MR) is 109 cm³/mol. The van der Waals surface area contributed by atoms with Crippen LogP contribution < -0.4 is 10.1 Å². The van der Waals surface area contributed by atoms with E-state index in [4.69, 9.17) is 0 Å². The third kappa shape index (κ3) is 4.91. The van der Waals surface area contributed by atoms with Crippen LogP contribution in [-0.2, 0) is 14.6 Å². The van der Waals surface area contributed by atoms with Crippen molar-refractivity contribution in [3.05, 3.63) is 78.6 Å². The maximum Gasteiger partial charge on any atom is 0.573 e. The second-order valence-electron chi connectivity index (χ2n) is 7.27. The highest BCUT2D eigenvalue weighted by molar-refractivity contribution is 7.91. The molecule has 0 spiro atoms. The average Bonchev–Trinajstić information content (AvgIpc) is 3.55. The van der Waals surface area contributed by atoms with E-state index in [9.17, 15) is 26.4 Å². The van der Waals surface area contributed by atoms with Crippen molar-refractivity contribution in [2.45, 2.75) is 28.5 Å². The van der Waals surface area contributed by atoms with Gasteiger partial charge in [-0.3, -0.25) is 9.78 Å². The topological polar surface area (TPSA) is 85.4 Å². The Morgan fingerprint density at radius 3 is 2.44 bits per heavy atom. The molecule has 166 valence electrons. The monoisotopic (exact) mass is 462 g/mol. The van der Waals surface area contributed by atoms with Crippen molar-refractivity contribution in [3.8, 4) is 5.75 Å². The summed E-state index contributed by atoms with van der Waals surface area (Å²) in [7, 11) is -4.08. The van der Waals surface area contributed by atoms with Gasteiger partial charge < -0.3 is 10.1 Å². The first kappa shape index (κ1) is 21.8. The molecule has 3 aromatic rings.